The average molecular weight is 470 g/mol. The molecule has 1 aromatic heterocycles. The maximum atomic E-state index is 13.7. The number of nitrogens with zero attached hydrogens (tertiary/aromatic N) is 1. The summed E-state index contributed by atoms with van der Waals surface area (Å²) in [5.74, 6) is 0.521. The van der Waals surface area contributed by atoms with Gasteiger partial charge in [-0.3, -0.25) is 9.59 Å². The number of ether oxygens (including phenoxy) is 2. The average Bonchev–Trinajstić information content (AvgIpc) is 3.15. The second kappa shape index (κ2) is 9.39. The Balaban J connectivity index is 1.55. The van der Waals surface area contributed by atoms with Crippen LogP contribution in [-0.4, -0.2) is 31.1 Å². The minimum atomic E-state index is -0.558. The lowest BCUT2D eigenvalue weighted by atomic mass is 9.97. The molecule has 0 saturated heterocycles. The Morgan fingerprint density at radius 1 is 0.971 bits per heavy atom. The van der Waals surface area contributed by atoms with Crippen LogP contribution in [0.5, 0.6) is 5.75 Å². The summed E-state index contributed by atoms with van der Waals surface area (Å²) in [5, 5.41) is 0.496. The van der Waals surface area contributed by atoms with E-state index in [4.69, 9.17) is 13.9 Å². The highest BCUT2D eigenvalue weighted by atomic mass is 16.5. The fourth-order valence-corrected chi connectivity index (χ4v) is 4.73. The molecule has 1 atom stereocenters. The molecule has 0 N–H and O–H groups in total. The van der Waals surface area contributed by atoms with E-state index in [1.54, 1.807) is 12.0 Å². The monoisotopic (exact) mass is 469 g/mol. The van der Waals surface area contributed by atoms with Crippen LogP contribution in [-0.2, 0) is 11.3 Å². The first-order chi connectivity index (χ1) is 17.0. The van der Waals surface area contributed by atoms with Gasteiger partial charge in [-0.2, -0.15) is 0 Å². The van der Waals surface area contributed by atoms with Gasteiger partial charge in [0, 0.05) is 13.7 Å². The predicted molar refractivity (Wildman–Crippen MR) is 134 cm³/mol. The molecule has 6 nitrogen and oxygen atoms in total. The third kappa shape index (κ3) is 4.21. The molecule has 0 spiro atoms. The van der Waals surface area contributed by atoms with Crippen LogP contribution in [0.2, 0.25) is 0 Å². The Kier molecular flexibility index (Phi) is 6.14. The van der Waals surface area contributed by atoms with Gasteiger partial charge in [0.1, 0.15) is 17.9 Å². The van der Waals surface area contributed by atoms with Crippen molar-refractivity contribution < 1.29 is 18.7 Å². The van der Waals surface area contributed by atoms with E-state index in [0.717, 1.165) is 22.3 Å². The zero-order chi connectivity index (χ0) is 24.5. The number of carbonyl (C=O) groups excluding carboxylic acids is 1. The van der Waals surface area contributed by atoms with Gasteiger partial charge >= 0.3 is 0 Å². The molecule has 6 heteroatoms. The smallest absolute Gasteiger partial charge is 0.290 e. The molecule has 35 heavy (non-hydrogen) atoms. The molecule has 4 aromatic rings. The number of amides is 1. The standard InChI is InChI=1S/C29H27NO5/c1-18-15-19(2)27-23(16-18)26(31)24-25(30(13-14-33-3)29(32)28(24)35-27)21-9-11-22(12-10-21)34-17-20-7-5-4-6-8-20/h4-12,15-16,25H,13-14,17H2,1-3H3. The van der Waals surface area contributed by atoms with E-state index in [9.17, 15) is 9.59 Å². The van der Waals surface area contributed by atoms with Gasteiger partial charge in [0.2, 0.25) is 5.76 Å². The topological polar surface area (TPSA) is 69.0 Å². The minimum absolute atomic E-state index is 0.111. The maximum Gasteiger partial charge on any atom is 0.290 e. The Labute approximate surface area is 203 Å². The van der Waals surface area contributed by atoms with Crippen LogP contribution in [0.4, 0.5) is 0 Å². The molecule has 2 heterocycles. The van der Waals surface area contributed by atoms with E-state index >= 15 is 0 Å². The van der Waals surface area contributed by atoms with Crippen LogP contribution < -0.4 is 10.2 Å². The van der Waals surface area contributed by atoms with E-state index < -0.39 is 6.04 Å². The van der Waals surface area contributed by atoms with Crippen LogP contribution >= 0.6 is 0 Å². The van der Waals surface area contributed by atoms with Crippen LogP contribution in [0, 0.1) is 13.8 Å². The largest absolute Gasteiger partial charge is 0.489 e. The molecule has 0 saturated carbocycles. The Bertz CT molecular complexity index is 1440. The van der Waals surface area contributed by atoms with Crippen molar-refractivity contribution >= 4 is 16.9 Å². The van der Waals surface area contributed by atoms with Crippen LogP contribution in [0.25, 0.3) is 11.0 Å². The van der Waals surface area contributed by atoms with Crippen molar-refractivity contribution in [3.63, 3.8) is 0 Å². The molecule has 178 valence electrons. The number of carbonyl (C=O) groups is 1. The molecular formula is C29H27NO5. The van der Waals surface area contributed by atoms with Crippen molar-refractivity contribution in [2.24, 2.45) is 0 Å². The van der Waals surface area contributed by atoms with Crippen molar-refractivity contribution in [1.29, 1.82) is 0 Å². The zero-order valence-electron chi connectivity index (χ0n) is 20.0. The molecule has 3 aromatic carbocycles. The van der Waals surface area contributed by atoms with Crippen molar-refractivity contribution in [2.75, 3.05) is 20.3 Å². The van der Waals surface area contributed by atoms with Gasteiger partial charge in [0.15, 0.2) is 5.43 Å². The van der Waals surface area contributed by atoms with Crippen molar-refractivity contribution in [3.05, 3.63) is 111 Å². The highest BCUT2D eigenvalue weighted by molar-refractivity contribution is 5.99. The molecule has 1 unspecified atom stereocenters. The van der Waals surface area contributed by atoms with E-state index in [0.29, 0.717) is 42.0 Å². The first kappa shape index (κ1) is 22.9. The van der Waals surface area contributed by atoms with Crippen molar-refractivity contribution in [2.45, 2.75) is 26.5 Å². The molecule has 1 aliphatic rings. The predicted octanol–water partition coefficient (Wildman–Crippen LogP) is 5.18. The lowest BCUT2D eigenvalue weighted by Gasteiger charge is -2.25. The minimum Gasteiger partial charge on any atom is -0.489 e. The summed E-state index contributed by atoms with van der Waals surface area (Å²) in [5.41, 5.74) is 4.37. The number of hydrogen-bond acceptors (Lipinski definition) is 5. The first-order valence-electron chi connectivity index (χ1n) is 11.6. The highest BCUT2D eigenvalue weighted by Gasteiger charge is 2.42. The summed E-state index contributed by atoms with van der Waals surface area (Å²) in [6.45, 7) is 4.98. The third-order valence-corrected chi connectivity index (χ3v) is 6.38. The number of methoxy groups -OCH3 is 1. The zero-order valence-corrected chi connectivity index (χ0v) is 20.0. The summed E-state index contributed by atoms with van der Waals surface area (Å²) in [6, 6.07) is 20.7. The third-order valence-electron chi connectivity index (χ3n) is 6.38. The number of rotatable bonds is 7. The number of aryl methyl sites for hydroxylation is 2. The molecule has 0 radical (unpaired) electrons. The highest BCUT2D eigenvalue weighted by Crippen LogP contribution is 2.39. The molecule has 5 rings (SSSR count). The lowest BCUT2D eigenvalue weighted by molar-refractivity contribution is 0.0663. The number of fused-ring (bicyclic) bond motifs is 2. The second-order valence-electron chi connectivity index (χ2n) is 8.87. The van der Waals surface area contributed by atoms with E-state index in [2.05, 4.69) is 0 Å². The number of benzene rings is 3. The SMILES string of the molecule is COCCN1C(=O)c2oc3c(C)cc(C)cc3c(=O)c2C1c1ccc(OCc2ccccc2)cc1. The first-order valence-corrected chi connectivity index (χ1v) is 11.6. The van der Waals surface area contributed by atoms with Gasteiger partial charge in [0.05, 0.1) is 23.6 Å². The molecule has 0 bridgehead atoms. The quantitative estimate of drug-likeness (QED) is 0.373. The van der Waals surface area contributed by atoms with E-state index in [1.807, 2.05) is 80.6 Å². The van der Waals surface area contributed by atoms with Crippen molar-refractivity contribution in [3.8, 4) is 5.75 Å². The van der Waals surface area contributed by atoms with Crippen molar-refractivity contribution in [1.82, 2.24) is 4.90 Å². The fraction of sp³-hybridized carbons (Fsp3) is 0.241. The van der Waals surface area contributed by atoms with Crippen LogP contribution in [0.3, 0.4) is 0 Å². The van der Waals surface area contributed by atoms with Crippen LogP contribution in [0.1, 0.15) is 44.4 Å². The van der Waals surface area contributed by atoms with Gasteiger partial charge in [-0.1, -0.05) is 48.5 Å². The normalized spacial score (nSPS) is 15.0. The number of hydrogen-bond donors (Lipinski definition) is 0. The summed E-state index contributed by atoms with van der Waals surface area (Å²) in [4.78, 5) is 28.8. The molecule has 1 amide bonds. The van der Waals surface area contributed by atoms with Gasteiger partial charge < -0.3 is 18.8 Å². The molecule has 0 aliphatic carbocycles. The second-order valence-corrected chi connectivity index (χ2v) is 8.87. The van der Waals surface area contributed by atoms with Gasteiger partial charge in [-0.05, 0) is 54.3 Å². The lowest BCUT2D eigenvalue weighted by Crippen LogP contribution is -2.32. The van der Waals surface area contributed by atoms with Gasteiger partial charge in [0.25, 0.3) is 5.91 Å². The maximum absolute atomic E-state index is 13.7. The molecule has 0 fully saturated rings. The van der Waals surface area contributed by atoms with E-state index in [1.165, 1.54) is 0 Å². The molecule has 1 aliphatic heterocycles. The Hall–Kier alpha value is -3.90. The summed E-state index contributed by atoms with van der Waals surface area (Å²) >= 11 is 0. The van der Waals surface area contributed by atoms with Gasteiger partial charge in [-0.25, -0.2) is 0 Å². The van der Waals surface area contributed by atoms with Gasteiger partial charge in [-0.15, -0.1) is 0 Å². The summed E-state index contributed by atoms with van der Waals surface area (Å²) in [6.07, 6.45) is 0. The Morgan fingerprint density at radius 3 is 2.43 bits per heavy atom. The molecular weight excluding hydrogens is 442 g/mol. The summed E-state index contributed by atoms with van der Waals surface area (Å²) in [7, 11) is 1.59. The van der Waals surface area contributed by atoms with E-state index in [-0.39, 0.29) is 17.1 Å². The summed E-state index contributed by atoms with van der Waals surface area (Å²) < 4.78 is 17.3. The van der Waals surface area contributed by atoms with Crippen LogP contribution in [0.15, 0.2) is 75.9 Å². The Morgan fingerprint density at radius 2 is 1.71 bits per heavy atom. The fourth-order valence-electron chi connectivity index (χ4n) is 4.73.